The smallest absolute Gasteiger partial charge is 0.223 e. The van der Waals surface area contributed by atoms with Crippen LogP contribution in [0.25, 0.3) is 0 Å². The minimum absolute atomic E-state index is 0.162. The standard InChI is InChI=1S/C8H15N5OS/c1-5(3-14)4-15-7-2-6(13-10)11-8(9)12-7/h2,5,14H,3-4,10H2,1H3,(H3,9,11,12,13). The highest BCUT2D eigenvalue weighted by atomic mass is 32.2. The van der Waals surface area contributed by atoms with Crippen molar-refractivity contribution in [1.29, 1.82) is 0 Å². The Morgan fingerprint density at radius 2 is 2.33 bits per heavy atom. The molecule has 1 atom stereocenters. The van der Waals surface area contributed by atoms with Gasteiger partial charge < -0.3 is 16.3 Å². The number of hydrogen-bond donors (Lipinski definition) is 4. The van der Waals surface area contributed by atoms with E-state index in [1.54, 1.807) is 6.07 Å². The van der Waals surface area contributed by atoms with Crippen molar-refractivity contribution in [2.45, 2.75) is 11.9 Å². The summed E-state index contributed by atoms with van der Waals surface area (Å²) in [5.74, 6) is 6.89. The van der Waals surface area contributed by atoms with E-state index in [-0.39, 0.29) is 18.5 Å². The van der Waals surface area contributed by atoms with Gasteiger partial charge in [0.05, 0.1) is 0 Å². The maximum Gasteiger partial charge on any atom is 0.223 e. The topological polar surface area (TPSA) is 110 Å². The number of hydrogen-bond acceptors (Lipinski definition) is 7. The van der Waals surface area contributed by atoms with Gasteiger partial charge in [-0.2, -0.15) is 4.98 Å². The molecular formula is C8H15N5OS. The van der Waals surface area contributed by atoms with Crippen LogP contribution in [0.1, 0.15) is 6.92 Å². The van der Waals surface area contributed by atoms with Crippen LogP contribution < -0.4 is 17.0 Å². The van der Waals surface area contributed by atoms with E-state index >= 15 is 0 Å². The highest BCUT2D eigenvalue weighted by Gasteiger charge is 2.05. The van der Waals surface area contributed by atoms with Crippen LogP contribution in [-0.4, -0.2) is 27.4 Å². The first-order valence-electron chi connectivity index (χ1n) is 4.50. The van der Waals surface area contributed by atoms with Gasteiger partial charge >= 0.3 is 0 Å². The third kappa shape index (κ3) is 3.90. The number of rotatable bonds is 5. The quantitative estimate of drug-likeness (QED) is 0.245. The number of nitrogens with zero attached hydrogens (tertiary/aromatic N) is 2. The van der Waals surface area contributed by atoms with Gasteiger partial charge in [-0.1, -0.05) is 6.92 Å². The molecule has 0 bridgehead atoms. The highest BCUT2D eigenvalue weighted by Crippen LogP contribution is 2.21. The number of aliphatic hydroxyl groups excluding tert-OH is 1. The Morgan fingerprint density at radius 3 is 2.93 bits per heavy atom. The minimum atomic E-state index is 0.162. The molecule has 6 nitrogen and oxygen atoms in total. The Morgan fingerprint density at radius 1 is 1.60 bits per heavy atom. The van der Waals surface area contributed by atoms with Gasteiger partial charge in [0.2, 0.25) is 5.95 Å². The molecular weight excluding hydrogens is 214 g/mol. The van der Waals surface area contributed by atoms with Crippen molar-refractivity contribution >= 4 is 23.5 Å². The number of aromatic nitrogens is 2. The average Bonchev–Trinajstić information content (AvgIpc) is 2.25. The molecule has 7 heteroatoms. The van der Waals surface area contributed by atoms with E-state index in [0.29, 0.717) is 5.82 Å². The summed E-state index contributed by atoms with van der Waals surface area (Å²) in [6.45, 7) is 2.12. The average molecular weight is 229 g/mol. The van der Waals surface area contributed by atoms with Crippen LogP contribution in [0.3, 0.4) is 0 Å². The monoisotopic (exact) mass is 229 g/mol. The lowest BCUT2D eigenvalue weighted by atomic mass is 10.2. The molecule has 0 saturated heterocycles. The maximum atomic E-state index is 8.87. The molecule has 6 N–H and O–H groups in total. The maximum absolute atomic E-state index is 8.87. The van der Waals surface area contributed by atoms with Gasteiger partial charge in [0.15, 0.2) is 0 Å². The van der Waals surface area contributed by atoms with Crippen LogP contribution >= 0.6 is 11.8 Å². The van der Waals surface area contributed by atoms with Crippen molar-refractivity contribution in [1.82, 2.24) is 9.97 Å². The Labute approximate surface area is 92.4 Å². The second-order valence-corrected chi connectivity index (χ2v) is 4.23. The molecule has 0 aliphatic rings. The SMILES string of the molecule is CC(CO)CSc1cc(NN)nc(N)n1. The van der Waals surface area contributed by atoms with E-state index in [4.69, 9.17) is 16.7 Å². The number of nitrogens with one attached hydrogen (secondary N) is 1. The van der Waals surface area contributed by atoms with Crippen LogP contribution in [-0.2, 0) is 0 Å². The summed E-state index contributed by atoms with van der Waals surface area (Å²) in [5.41, 5.74) is 7.91. The molecule has 1 aromatic rings. The number of anilines is 2. The zero-order valence-electron chi connectivity index (χ0n) is 8.47. The van der Waals surface area contributed by atoms with Gasteiger partial charge in [0.1, 0.15) is 10.8 Å². The second kappa shape index (κ2) is 5.74. The summed E-state index contributed by atoms with van der Waals surface area (Å²) < 4.78 is 0. The molecule has 15 heavy (non-hydrogen) atoms. The summed E-state index contributed by atoms with van der Waals surface area (Å²) in [4.78, 5) is 7.91. The van der Waals surface area contributed by atoms with Crippen molar-refractivity contribution in [3.05, 3.63) is 6.07 Å². The van der Waals surface area contributed by atoms with E-state index in [2.05, 4.69) is 15.4 Å². The predicted octanol–water partition coefficient (Wildman–Crippen LogP) is 0.0649. The first-order chi connectivity index (χ1) is 7.15. The normalized spacial score (nSPS) is 12.5. The van der Waals surface area contributed by atoms with Crippen LogP contribution in [0, 0.1) is 5.92 Å². The summed E-state index contributed by atoms with van der Waals surface area (Å²) >= 11 is 1.51. The van der Waals surface area contributed by atoms with Crippen molar-refractivity contribution in [2.24, 2.45) is 11.8 Å². The Bertz CT molecular complexity index is 322. The molecule has 0 fully saturated rings. The number of hydrazine groups is 1. The number of thioether (sulfide) groups is 1. The summed E-state index contributed by atoms with van der Waals surface area (Å²) in [7, 11) is 0. The first kappa shape index (κ1) is 12.0. The molecule has 1 rings (SSSR count). The fourth-order valence-electron chi connectivity index (χ4n) is 0.871. The van der Waals surface area contributed by atoms with Gasteiger partial charge in [-0.15, -0.1) is 11.8 Å². The van der Waals surface area contributed by atoms with Gasteiger partial charge in [-0.3, -0.25) is 0 Å². The molecule has 0 aliphatic carbocycles. The van der Waals surface area contributed by atoms with Gasteiger partial charge in [0, 0.05) is 18.4 Å². The highest BCUT2D eigenvalue weighted by molar-refractivity contribution is 7.99. The lowest BCUT2D eigenvalue weighted by Gasteiger charge is -2.07. The Balaban J connectivity index is 2.64. The molecule has 0 aliphatic heterocycles. The third-order valence-electron chi connectivity index (χ3n) is 1.70. The van der Waals surface area contributed by atoms with Crippen LogP contribution in [0.15, 0.2) is 11.1 Å². The molecule has 0 saturated carbocycles. The van der Waals surface area contributed by atoms with Gasteiger partial charge in [-0.25, -0.2) is 10.8 Å². The van der Waals surface area contributed by atoms with E-state index < -0.39 is 0 Å². The zero-order chi connectivity index (χ0) is 11.3. The summed E-state index contributed by atoms with van der Waals surface area (Å²) in [6.07, 6.45) is 0. The fraction of sp³-hybridized carbons (Fsp3) is 0.500. The first-order valence-corrected chi connectivity index (χ1v) is 5.49. The van der Waals surface area contributed by atoms with Crippen LogP contribution in [0.4, 0.5) is 11.8 Å². The molecule has 1 heterocycles. The molecule has 0 amide bonds. The fourth-order valence-corrected chi connectivity index (χ4v) is 1.78. The Hall–Kier alpha value is -1.05. The van der Waals surface area contributed by atoms with E-state index in [1.807, 2.05) is 6.92 Å². The lowest BCUT2D eigenvalue weighted by Crippen LogP contribution is -2.11. The molecule has 0 spiro atoms. The van der Waals surface area contributed by atoms with Crippen molar-refractivity contribution in [3.63, 3.8) is 0 Å². The third-order valence-corrected chi connectivity index (χ3v) is 2.94. The minimum Gasteiger partial charge on any atom is -0.396 e. The summed E-state index contributed by atoms with van der Waals surface area (Å²) in [6, 6.07) is 1.71. The number of aliphatic hydroxyl groups is 1. The Kier molecular flexibility index (Phi) is 4.60. The van der Waals surface area contributed by atoms with Gasteiger partial charge in [-0.05, 0) is 5.92 Å². The summed E-state index contributed by atoms with van der Waals surface area (Å²) in [5, 5.41) is 9.61. The second-order valence-electron chi connectivity index (χ2n) is 3.19. The predicted molar refractivity (Wildman–Crippen MR) is 61.2 cm³/mol. The van der Waals surface area contributed by atoms with Crippen molar-refractivity contribution in [2.75, 3.05) is 23.5 Å². The van der Waals surface area contributed by atoms with Gasteiger partial charge in [0.25, 0.3) is 0 Å². The van der Waals surface area contributed by atoms with E-state index in [1.165, 1.54) is 11.8 Å². The van der Waals surface area contributed by atoms with E-state index in [0.717, 1.165) is 10.8 Å². The number of nitrogen functional groups attached to an aromatic ring is 2. The van der Waals surface area contributed by atoms with E-state index in [9.17, 15) is 0 Å². The molecule has 1 unspecified atom stereocenters. The van der Waals surface area contributed by atoms with Crippen molar-refractivity contribution < 1.29 is 5.11 Å². The molecule has 1 aromatic heterocycles. The zero-order valence-corrected chi connectivity index (χ0v) is 9.29. The number of nitrogens with two attached hydrogens (primary N) is 2. The largest absolute Gasteiger partial charge is 0.396 e. The van der Waals surface area contributed by atoms with Crippen LogP contribution in [0.5, 0.6) is 0 Å². The molecule has 84 valence electrons. The van der Waals surface area contributed by atoms with Crippen LogP contribution in [0.2, 0.25) is 0 Å². The lowest BCUT2D eigenvalue weighted by molar-refractivity contribution is 0.250. The molecule has 0 radical (unpaired) electrons. The van der Waals surface area contributed by atoms with Crippen molar-refractivity contribution in [3.8, 4) is 0 Å². The molecule has 0 aromatic carbocycles.